The van der Waals surface area contributed by atoms with Crippen molar-refractivity contribution in [3.8, 4) is 0 Å². The molecule has 0 spiro atoms. The number of benzene rings is 1. The van der Waals surface area contributed by atoms with Gasteiger partial charge in [0.2, 0.25) is 0 Å². The van der Waals surface area contributed by atoms with E-state index in [1.165, 1.54) is 12.1 Å². The fraction of sp³-hybridized carbons (Fsp3) is 0.462. The predicted molar refractivity (Wildman–Crippen MR) is 70.6 cm³/mol. The number of hydrogen-bond acceptors (Lipinski definition) is 3. The van der Waals surface area contributed by atoms with E-state index in [-0.39, 0.29) is 11.6 Å². The molecule has 0 saturated carbocycles. The molecule has 1 rings (SSSR count). The van der Waals surface area contributed by atoms with E-state index in [0.29, 0.717) is 5.56 Å². The molecule has 0 bridgehead atoms. The Balaban J connectivity index is 2.81. The maximum absolute atomic E-state index is 12.9. The Morgan fingerprint density at radius 3 is 2.63 bits per heavy atom. The third kappa shape index (κ3) is 5.04. The minimum atomic E-state index is -0.747. The molecule has 1 aromatic rings. The van der Waals surface area contributed by atoms with E-state index < -0.39 is 23.6 Å². The van der Waals surface area contributed by atoms with Crippen LogP contribution < -0.4 is 5.32 Å². The first kappa shape index (κ1) is 15.7. The van der Waals surface area contributed by atoms with Gasteiger partial charge in [-0.3, -0.25) is 0 Å². The molecule has 0 aliphatic carbocycles. The highest BCUT2D eigenvalue weighted by molar-refractivity contribution is 6.31. The van der Waals surface area contributed by atoms with Gasteiger partial charge in [-0.2, -0.15) is 0 Å². The van der Waals surface area contributed by atoms with Gasteiger partial charge in [0, 0.05) is 5.02 Å². The Labute approximate surface area is 116 Å². The maximum atomic E-state index is 12.9. The normalized spacial score (nSPS) is 12.9. The molecule has 6 heteroatoms. The number of carbonyl (C=O) groups excluding carboxylic acids is 1. The predicted octanol–water partition coefficient (Wildman–Crippen LogP) is 3.04. The Morgan fingerprint density at radius 1 is 1.53 bits per heavy atom. The molecular weight excluding hydrogens is 273 g/mol. The monoisotopic (exact) mass is 289 g/mol. The third-order valence-corrected chi connectivity index (χ3v) is 2.54. The zero-order chi connectivity index (χ0) is 14.6. The van der Waals surface area contributed by atoms with Crippen LogP contribution in [0.1, 0.15) is 32.4 Å². The quantitative estimate of drug-likeness (QED) is 0.899. The van der Waals surface area contributed by atoms with Crippen LogP contribution in [0.2, 0.25) is 5.02 Å². The number of halogens is 2. The average Bonchev–Trinajstić information content (AvgIpc) is 2.24. The summed E-state index contributed by atoms with van der Waals surface area (Å²) < 4.78 is 18.0. The van der Waals surface area contributed by atoms with Crippen LogP contribution in [0, 0.1) is 5.82 Å². The molecule has 1 atom stereocenters. The van der Waals surface area contributed by atoms with Crippen LogP contribution in [0.25, 0.3) is 0 Å². The number of carbonyl (C=O) groups is 1. The number of rotatable bonds is 3. The van der Waals surface area contributed by atoms with E-state index in [4.69, 9.17) is 16.3 Å². The van der Waals surface area contributed by atoms with E-state index in [0.717, 1.165) is 6.07 Å². The first-order valence-electron chi connectivity index (χ1n) is 5.78. The number of ether oxygens (including phenoxy) is 1. The largest absolute Gasteiger partial charge is 0.444 e. The molecule has 1 amide bonds. The number of amides is 1. The van der Waals surface area contributed by atoms with Crippen LogP contribution in [0.3, 0.4) is 0 Å². The Morgan fingerprint density at radius 2 is 2.16 bits per heavy atom. The van der Waals surface area contributed by atoms with Crippen LogP contribution >= 0.6 is 11.6 Å². The number of nitrogens with one attached hydrogen (secondary N) is 1. The van der Waals surface area contributed by atoms with Crippen molar-refractivity contribution < 1.29 is 19.0 Å². The second-order valence-electron chi connectivity index (χ2n) is 5.05. The number of aliphatic hydroxyl groups is 1. The molecule has 0 aliphatic heterocycles. The summed E-state index contributed by atoms with van der Waals surface area (Å²) in [6.07, 6.45) is -0.674. The van der Waals surface area contributed by atoms with Crippen molar-refractivity contribution >= 4 is 17.7 Å². The van der Waals surface area contributed by atoms with E-state index >= 15 is 0 Å². The van der Waals surface area contributed by atoms with Crippen molar-refractivity contribution in [2.75, 3.05) is 6.61 Å². The Bertz CT molecular complexity index is 460. The van der Waals surface area contributed by atoms with E-state index in [9.17, 15) is 14.3 Å². The van der Waals surface area contributed by atoms with Crippen molar-refractivity contribution in [3.05, 3.63) is 34.6 Å². The molecule has 0 radical (unpaired) electrons. The third-order valence-electron chi connectivity index (χ3n) is 2.21. The van der Waals surface area contributed by atoms with Gasteiger partial charge in [-0.25, -0.2) is 9.18 Å². The number of aliphatic hydroxyl groups excluding tert-OH is 1. The maximum Gasteiger partial charge on any atom is 0.408 e. The lowest BCUT2D eigenvalue weighted by atomic mass is 10.1. The van der Waals surface area contributed by atoms with Crippen molar-refractivity contribution in [2.24, 2.45) is 0 Å². The van der Waals surface area contributed by atoms with Gasteiger partial charge < -0.3 is 15.2 Å². The van der Waals surface area contributed by atoms with Crippen LogP contribution in [0.5, 0.6) is 0 Å². The van der Waals surface area contributed by atoms with Crippen LogP contribution in [-0.4, -0.2) is 23.4 Å². The Kier molecular flexibility index (Phi) is 5.14. The van der Waals surface area contributed by atoms with Gasteiger partial charge in [0.1, 0.15) is 11.4 Å². The molecular formula is C13H17ClFNO3. The summed E-state index contributed by atoms with van der Waals surface area (Å²) in [5, 5.41) is 11.9. The highest BCUT2D eigenvalue weighted by Crippen LogP contribution is 2.24. The van der Waals surface area contributed by atoms with Gasteiger partial charge >= 0.3 is 6.09 Å². The van der Waals surface area contributed by atoms with Crippen LogP contribution in [-0.2, 0) is 4.74 Å². The minimum Gasteiger partial charge on any atom is -0.444 e. The fourth-order valence-corrected chi connectivity index (χ4v) is 1.75. The molecule has 2 N–H and O–H groups in total. The zero-order valence-electron chi connectivity index (χ0n) is 11.0. The molecule has 0 aromatic heterocycles. The lowest BCUT2D eigenvalue weighted by molar-refractivity contribution is 0.0482. The van der Waals surface area contributed by atoms with Crippen molar-refractivity contribution in [1.29, 1.82) is 0 Å². The van der Waals surface area contributed by atoms with Crippen molar-refractivity contribution in [1.82, 2.24) is 5.32 Å². The standard InChI is InChI=1S/C13H17ClFNO3/c1-13(2,3)19-12(18)16-11(7-17)9-5-4-8(15)6-10(9)14/h4-6,11,17H,7H2,1-3H3,(H,16,18)/t11-/m1/s1. The lowest BCUT2D eigenvalue weighted by Gasteiger charge is -2.23. The van der Waals surface area contributed by atoms with Gasteiger partial charge in [-0.15, -0.1) is 0 Å². The summed E-state index contributed by atoms with van der Waals surface area (Å²) in [6.45, 7) is 4.81. The topological polar surface area (TPSA) is 58.6 Å². The van der Waals surface area contributed by atoms with Crippen molar-refractivity contribution in [3.63, 3.8) is 0 Å². The molecule has 4 nitrogen and oxygen atoms in total. The summed E-state index contributed by atoms with van der Waals surface area (Å²) in [7, 11) is 0. The number of hydrogen-bond donors (Lipinski definition) is 2. The van der Waals surface area contributed by atoms with Crippen molar-refractivity contribution in [2.45, 2.75) is 32.4 Å². The van der Waals surface area contributed by atoms with Gasteiger partial charge in [0.15, 0.2) is 0 Å². The second-order valence-corrected chi connectivity index (χ2v) is 5.45. The summed E-state index contributed by atoms with van der Waals surface area (Å²) >= 11 is 5.88. The fourth-order valence-electron chi connectivity index (χ4n) is 1.46. The van der Waals surface area contributed by atoms with Crippen LogP contribution in [0.15, 0.2) is 18.2 Å². The van der Waals surface area contributed by atoms with Gasteiger partial charge in [-0.05, 0) is 38.5 Å². The van der Waals surface area contributed by atoms with Crippen LogP contribution in [0.4, 0.5) is 9.18 Å². The smallest absolute Gasteiger partial charge is 0.408 e. The molecule has 0 saturated heterocycles. The van der Waals surface area contributed by atoms with E-state index in [1.54, 1.807) is 20.8 Å². The first-order valence-corrected chi connectivity index (χ1v) is 6.16. The zero-order valence-corrected chi connectivity index (χ0v) is 11.8. The summed E-state index contributed by atoms with van der Waals surface area (Å²) in [5.41, 5.74) is -0.215. The van der Waals surface area contributed by atoms with E-state index in [1.807, 2.05) is 0 Å². The molecule has 106 valence electrons. The van der Waals surface area contributed by atoms with Gasteiger partial charge in [0.05, 0.1) is 12.6 Å². The molecule has 0 unspecified atom stereocenters. The second kappa shape index (κ2) is 6.21. The summed E-state index contributed by atoms with van der Waals surface area (Å²) in [5.74, 6) is -0.484. The minimum absolute atomic E-state index is 0.134. The molecule has 0 heterocycles. The Hall–Kier alpha value is -1.33. The SMILES string of the molecule is CC(C)(C)OC(=O)N[C@H](CO)c1ccc(F)cc1Cl. The highest BCUT2D eigenvalue weighted by atomic mass is 35.5. The molecule has 1 aromatic carbocycles. The number of alkyl carbamates (subject to hydrolysis) is 1. The molecule has 19 heavy (non-hydrogen) atoms. The molecule has 0 fully saturated rings. The van der Waals surface area contributed by atoms with Gasteiger partial charge in [0.25, 0.3) is 0 Å². The molecule has 0 aliphatic rings. The summed E-state index contributed by atoms with van der Waals surface area (Å²) in [4.78, 5) is 11.6. The first-order chi connectivity index (χ1) is 8.73. The lowest BCUT2D eigenvalue weighted by Crippen LogP contribution is -2.36. The van der Waals surface area contributed by atoms with Gasteiger partial charge in [-0.1, -0.05) is 17.7 Å². The summed E-state index contributed by atoms with van der Waals surface area (Å²) in [6, 6.07) is 3.00. The average molecular weight is 290 g/mol. The highest BCUT2D eigenvalue weighted by Gasteiger charge is 2.21. The van der Waals surface area contributed by atoms with E-state index in [2.05, 4.69) is 5.32 Å².